The Bertz CT molecular complexity index is 451. The number of ether oxygens (including phenoxy) is 2. The molecule has 0 bridgehead atoms. The summed E-state index contributed by atoms with van der Waals surface area (Å²) in [5, 5.41) is 0. The van der Waals surface area contributed by atoms with Crippen molar-refractivity contribution >= 4 is 21.7 Å². The number of Topliss-reactive ketones (excluding diaryl/α,β-unsaturated/α-hetero) is 1. The predicted octanol–water partition coefficient (Wildman–Crippen LogP) is 4.87. The lowest BCUT2D eigenvalue weighted by atomic mass is 9.89. The molecule has 0 fully saturated rings. The summed E-state index contributed by atoms with van der Waals surface area (Å²) in [6.07, 6.45) is 3.83. The van der Waals surface area contributed by atoms with Crippen LogP contribution in [0.1, 0.15) is 49.9 Å². The Hall–Kier alpha value is -1.03. The Balaban J connectivity index is 3.17. The number of carbonyl (C=O) groups is 1. The molecule has 0 saturated heterocycles. The van der Waals surface area contributed by atoms with Crippen LogP contribution in [0.4, 0.5) is 0 Å². The number of ketones is 1. The Kier molecular flexibility index (Phi) is 7.06. The summed E-state index contributed by atoms with van der Waals surface area (Å²) < 4.78 is 11.4. The van der Waals surface area contributed by atoms with Gasteiger partial charge in [-0.1, -0.05) is 26.7 Å². The van der Waals surface area contributed by atoms with Gasteiger partial charge >= 0.3 is 0 Å². The molecule has 20 heavy (non-hydrogen) atoms. The second kappa shape index (κ2) is 8.30. The number of halogens is 1. The Morgan fingerprint density at radius 2 is 1.65 bits per heavy atom. The van der Waals surface area contributed by atoms with Crippen LogP contribution >= 0.6 is 15.9 Å². The standard InChI is InChI=1S/C16H23BrO3/c1-5-7-11(8-6-2)16(18)12-9-15(20-4)13(17)10-14(12)19-3/h9-11H,5-8H2,1-4H3. The van der Waals surface area contributed by atoms with Gasteiger partial charge in [-0.2, -0.15) is 0 Å². The summed E-state index contributed by atoms with van der Waals surface area (Å²) in [5.74, 6) is 1.46. The maximum atomic E-state index is 12.7. The van der Waals surface area contributed by atoms with Crippen LogP contribution in [0.2, 0.25) is 0 Å². The van der Waals surface area contributed by atoms with E-state index >= 15 is 0 Å². The second-order valence-electron chi connectivity index (χ2n) is 4.83. The number of hydrogen-bond donors (Lipinski definition) is 0. The molecule has 0 aliphatic rings. The molecule has 0 saturated carbocycles. The van der Waals surface area contributed by atoms with E-state index in [4.69, 9.17) is 9.47 Å². The average Bonchev–Trinajstić information content (AvgIpc) is 2.46. The molecule has 0 spiro atoms. The summed E-state index contributed by atoms with van der Waals surface area (Å²) in [6.45, 7) is 4.21. The Labute approximate surface area is 129 Å². The van der Waals surface area contributed by atoms with Gasteiger partial charge < -0.3 is 9.47 Å². The van der Waals surface area contributed by atoms with E-state index in [2.05, 4.69) is 29.8 Å². The van der Waals surface area contributed by atoms with Gasteiger partial charge in [0.05, 0.1) is 24.3 Å². The summed E-state index contributed by atoms with van der Waals surface area (Å²) in [6, 6.07) is 3.56. The lowest BCUT2D eigenvalue weighted by molar-refractivity contribution is 0.0901. The molecule has 4 heteroatoms. The lowest BCUT2D eigenvalue weighted by Crippen LogP contribution is -2.16. The quantitative estimate of drug-likeness (QED) is 0.632. The Morgan fingerprint density at radius 3 is 2.10 bits per heavy atom. The SMILES string of the molecule is CCCC(CCC)C(=O)c1cc(OC)c(Br)cc1OC. The highest BCUT2D eigenvalue weighted by atomic mass is 79.9. The molecule has 0 aliphatic carbocycles. The largest absolute Gasteiger partial charge is 0.496 e. The van der Waals surface area contributed by atoms with Crippen molar-refractivity contribution in [3.05, 3.63) is 22.2 Å². The summed E-state index contributed by atoms with van der Waals surface area (Å²) >= 11 is 3.41. The van der Waals surface area contributed by atoms with E-state index < -0.39 is 0 Å². The van der Waals surface area contributed by atoms with Crippen LogP contribution in [0.15, 0.2) is 16.6 Å². The Morgan fingerprint density at radius 1 is 1.10 bits per heavy atom. The van der Waals surface area contributed by atoms with E-state index in [0.29, 0.717) is 17.1 Å². The fourth-order valence-electron chi connectivity index (χ4n) is 2.38. The number of benzene rings is 1. The molecule has 3 nitrogen and oxygen atoms in total. The molecule has 0 aromatic heterocycles. The van der Waals surface area contributed by atoms with Crippen molar-refractivity contribution in [3.63, 3.8) is 0 Å². The maximum absolute atomic E-state index is 12.7. The van der Waals surface area contributed by atoms with Gasteiger partial charge in [0.2, 0.25) is 0 Å². The number of rotatable bonds is 8. The third-order valence-electron chi connectivity index (χ3n) is 3.38. The van der Waals surface area contributed by atoms with Crippen LogP contribution in [0.25, 0.3) is 0 Å². The fraction of sp³-hybridized carbons (Fsp3) is 0.562. The highest BCUT2D eigenvalue weighted by molar-refractivity contribution is 9.10. The summed E-state index contributed by atoms with van der Waals surface area (Å²) in [4.78, 5) is 12.7. The van der Waals surface area contributed by atoms with Crippen molar-refractivity contribution in [2.24, 2.45) is 5.92 Å². The van der Waals surface area contributed by atoms with Gasteiger partial charge in [-0.3, -0.25) is 4.79 Å². The third-order valence-corrected chi connectivity index (χ3v) is 4.00. The van der Waals surface area contributed by atoms with Crippen molar-refractivity contribution in [2.45, 2.75) is 39.5 Å². The van der Waals surface area contributed by atoms with E-state index in [1.54, 1.807) is 26.4 Å². The molecule has 112 valence electrons. The molecule has 0 radical (unpaired) electrons. The van der Waals surface area contributed by atoms with Crippen LogP contribution in [0, 0.1) is 5.92 Å². The van der Waals surface area contributed by atoms with Gasteiger partial charge in [0.15, 0.2) is 5.78 Å². The first-order valence-electron chi connectivity index (χ1n) is 7.04. The van der Waals surface area contributed by atoms with Gasteiger partial charge in [-0.25, -0.2) is 0 Å². The van der Waals surface area contributed by atoms with Crippen molar-refractivity contribution in [2.75, 3.05) is 14.2 Å². The van der Waals surface area contributed by atoms with E-state index in [-0.39, 0.29) is 11.7 Å². The molecular formula is C16H23BrO3. The summed E-state index contributed by atoms with van der Waals surface area (Å²) in [7, 11) is 3.18. The first-order valence-corrected chi connectivity index (χ1v) is 7.83. The molecule has 0 aliphatic heterocycles. The highest BCUT2D eigenvalue weighted by Crippen LogP contribution is 2.35. The van der Waals surface area contributed by atoms with E-state index in [1.165, 1.54) is 0 Å². The number of carbonyl (C=O) groups excluding carboxylic acids is 1. The topological polar surface area (TPSA) is 35.5 Å². The average molecular weight is 343 g/mol. The minimum Gasteiger partial charge on any atom is -0.496 e. The molecule has 1 aromatic carbocycles. The van der Waals surface area contributed by atoms with Crippen LogP contribution in [0.5, 0.6) is 11.5 Å². The van der Waals surface area contributed by atoms with Gasteiger partial charge in [-0.15, -0.1) is 0 Å². The molecule has 0 heterocycles. The molecular weight excluding hydrogens is 320 g/mol. The zero-order valence-corrected chi connectivity index (χ0v) is 14.2. The highest BCUT2D eigenvalue weighted by Gasteiger charge is 2.23. The minimum absolute atomic E-state index is 0.0600. The second-order valence-corrected chi connectivity index (χ2v) is 5.68. The predicted molar refractivity (Wildman–Crippen MR) is 84.9 cm³/mol. The van der Waals surface area contributed by atoms with Crippen molar-refractivity contribution in [3.8, 4) is 11.5 Å². The molecule has 1 rings (SSSR count). The molecule has 0 N–H and O–H groups in total. The molecule has 0 atom stereocenters. The van der Waals surface area contributed by atoms with Crippen LogP contribution in [-0.4, -0.2) is 20.0 Å². The van der Waals surface area contributed by atoms with Crippen molar-refractivity contribution < 1.29 is 14.3 Å². The first kappa shape index (κ1) is 17.0. The first-order chi connectivity index (χ1) is 9.58. The van der Waals surface area contributed by atoms with E-state index in [1.807, 2.05) is 0 Å². The molecule has 0 unspecified atom stereocenters. The van der Waals surface area contributed by atoms with E-state index in [0.717, 1.165) is 30.2 Å². The third kappa shape index (κ3) is 3.98. The fourth-order valence-corrected chi connectivity index (χ4v) is 2.86. The van der Waals surface area contributed by atoms with E-state index in [9.17, 15) is 4.79 Å². The van der Waals surface area contributed by atoms with Crippen molar-refractivity contribution in [1.29, 1.82) is 0 Å². The van der Waals surface area contributed by atoms with Crippen molar-refractivity contribution in [1.82, 2.24) is 0 Å². The summed E-state index contributed by atoms with van der Waals surface area (Å²) in [5.41, 5.74) is 0.611. The van der Waals surface area contributed by atoms with Gasteiger partial charge in [0.1, 0.15) is 11.5 Å². The number of methoxy groups -OCH3 is 2. The van der Waals surface area contributed by atoms with Gasteiger partial charge in [0, 0.05) is 5.92 Å². The molecule has 0 amide bonds. The molecule has 1 aromatic rings. The smallest absolute Gasteiger partial charge is 0.169 e. The van der Waals surface area contributed by atoms with Gasteiger partial charge in [0.25, 0.3) is 0 Å². The van der Waals surface area contributed by atoms with Crippen LogP contribution in [-0.2, 0) is 0 Å². The van der Waals surface area contributed by atoms with Gasteiger partial charge in [-0.05, 0) is 40.9 Å². The zero-order chi connectivity index (χ0) is 15.1. The normalized spacial score (nSPS) is 10.7. The zero-order valence-electron chi connectivity index (χ0n) is 12.7. The number of hydrogen-bond acceptors (Lipinski definition) is 3. The van der Waals surface area contributed by atoms with Crippen LogP contribution in [0.3, 0.4) is 0 Å². The maximum Gasteiger partial charge on any atom is 0.169 e. The lowest BCUT2D eigenvalue weighted by Gasteiger charge is -2.17. The minimum atomic E-state index is 0.0600. The monoisotopic (exact) mass is 342 g/mol. The van der Waals surface area contributed by atoms with Crippen LogP contribution < -0.4 is 9.47 Å².